The number of halogens is 3. The Labute approximate surface area is 203 Å². The normalized spacial score (nSPS) is 22.5. The molecular weight excluding hydrogens is 471 g/mol. The lowest BCUT2D eigenvalue weighted by atomic mass is 9.98. The molecule has 170 valence electrons. The van der Waals surface area contributed by atoms with Gasteiger partial charge in [-0.1, -0.05) is 46.9 Å². The highest BCUT2D eigenvalue weighted by Gasteiger charge is 2.44. The van der Waals surface area contributed by atoms with Crippen molar-refractivity contribution in [2.45, 2.75) is 31.4 Å². The van der Waals surface area contributed by atoms with Crippen molar-refractivity contribution >= 4 is 52.1 Å². The lowest BCUT2D eigenvalue weighted by Gasteiger charge is -2.36. The molecular formula is C23H26Cl3N4O2+. The highest BCUT2D eigenvalue weighted by molar-refractivity contribution is 6.41. The van der Waals surface area contributed by atoms with Gasteiger partial charge in [-0.15, -0.1) is 0 Å². The minimum absolute atomic E-state index is 0.243. The first-order chi connectivity index (χ1) is 15.3. The second-order valence-corrected chi connectivity index (χ2v) is 9.70. The van der Waals surface area contributed by atoms with Crippen LogP contribution in [0.4, 0.5) is 5.69 Å². The highest BCUT2D eigenvalue weighted by Crippen LogP contribution is 2.41. The van der Waals surface area contributed by atoms with E-state index in [4.69, 9.17) is 44.6 Å². The Morgan fingerprint density at radius 1 is 1.06 bits per heavy atom. The zero-order valence-corrected chi connectivity index (χ0v) is 20.3. The molecule has 0 aromatic heterocycles. The number of carbonyl (C=O) groups excluding carboxylic acids is 1. The van der Waals surface area contributed by atoms with Gasteiger partial charge in [0.2, 0.25) is 0 Å². The molecule has 0 saturated carbocycles. The fourth-order valence-electron chi connectivity index (χ4n) is 4.40. The first-order valence-electron chi connectivity index (χ1n) is 10.6. The Balaban J connectivity index is 1.73. The number of nitrogens with one attached hydrogen (secondary N) is 1. The van der Waals surface area contributed by atoms with Gasteiger partial charge in [0.25, 0.3) is 0 Å². The molecule has 9 heteroatoms. The number of benzene rings is 2. The first kappa shape index (κ1) is 23.3. The van der Waals surface area contributed by atoms with Crippen molar-refractivity contribution < 1.29 is 14.1 Å². The third-order valence-electron chi connectivity index (χ3n) is 6.06. The number of quaternary nitrogens is 1. The molecule has 1 N–H and O–H groups in total. The van der Waals surface area contributed by atoms with Crippen molar-refractivity contribution in [1.29, 1.82) is 0 Å². The van der Waals surface area contributed by atoms with Crippen LogP contribution >= 0.6 is 34.8 Å². The van der Waals surface area contributed by atoms with E-state index < -0.39 is 12.1 Å². The molecule has 0 spiro atoms. The number of ether oxygens (including phenoxy) is 1. The third-order valence-corrected chi connectivity index (χ3v) is 6.85. The summed E-state index contributed by atoms with van der Waals surface area (Å²) in [5.41, 5.74) is 5.01. The Morgan fingerprint density at radius 3 is 2.34 bits per heavy atom. The average molecular weight is 497 g/mol. The van der Waals surface area contributed by atoms with Crippen LogP contribution in [0.25, 0.3) is 0 Å². The van der Waals surface area contributed by atoms with Crippen LogP contribution in [0.2, 0.25) is 15.1 Å². The van der Waals surface area contributed by atoms with Crippen LogP contribution in [0.1, 0.15) is 30.9 Å². The van der Waals surface area contributed by atoms with Gasteiger partial charge in [0, 0.05) is 17.2 Å². The summed E-state index contributed by atoms with van der Waals surface area (Å²) in [7, 11) is 3.62. The van der Waals surface area contributed by atoms with Crippen LogP contribution in [0.15, 0.2) is 47.6 Å². The van der Waals surface area contributed by atoms with E-state index in [1.807, 2.05) is 31.3 Å². The second-order valence-electron chi connectivity index (χ2n) is 8.42. The quantitative estimate of drug-likeness (QED) is 0.576. The summed E-state index contributed by atoms with van der Waals surface area (Å²) >= 11 is 18.7. The van der Waals surface area contributed by atoms with Crippen molar-refractivity contribution in [3.8, 4) is 0 Å². The maximum Gasteiger partial charge on any atom is 0.314 e. The van der Waals surface area contributed by atoms with Crippen molar-refractivity contribution in [3.05, 3.63) is 63.1 Å². The molecule has 2 heterocycles. The number of likely N-dealkylation sites (tertiary alicyclic amines) is 1. The van der Waals surface area contributed by atoms with Gasteiger partial charge in [0.1, 0.15) is 25.2 Å². The van der Waals surface area contributed by atoms with Gasteiger partial charge in [-0.3, -0.25) is 9.80 Å². The Morgan fingerprint density at radius 2 is 1.72 bits per heavy atom. The maximum absolute atomic E-state index is 13.4. The lowest BCUT2D eigenvalue weighted by Crippen LogP contribution is -2.61. The number of nitrogens with zero attached hydrogens (tertiary/aromatic N) is 3. The summed E-state index contributed by atoms with van der Waals surface area (Å²) in [6.07, 6.45) is 2.75. The molecule has 0 radical (unpaired) electrons. The van der Waals surface area contributed by atoms with E-state index in [1.165, 1.54) is 6.42 Å². The fourth-order valence-corrected chi connectivity index (χ4v) is 5.02. The molecule has 2 aromatic rings. The number of anilines is 1. The smallest absolute Gasteiger partial charge is 0.314 e. The van der Waals surface area contributed by atoms with Crippen LogP contribution in [-0.4, -0.2) is 49.6 Å². The SMILES string of the molecule is COC1C(C(=O)N[N+]2(C)CCCCC2)=NN(c2ccc(Cl)cc2Cl)[C@H]1c1ccc(Cl)cc1. The molecule has 1 amide bonds. The van der Waals surface area contributed by atoms with E-state index in [0.717, 1.165) is 31.5 Å². The summed E-state index contributed by atoms with van der Waals surface area (Å²) in [5.74, 6) is -0.243. The number of piperidine rings is 1. The van der Waals surface area contributed by atoms with E-state index in [9.17, 15) is 4.79 Å². The molecule has 32 heavy (non-hydrogen) atoms. The van der Waals surface area contributed by atoms with Gasteiger partial charge < -0.3 is 4.74 Å². The minimum Gasteiger partial charge on any atom is -0.372 e. The van der Waals surface area contributed by atoms with Crippen LogP contribution in [0.3, 0.4) is 0 Å². The van der Waals surface area contributed by atoms with Crippen LogP contribution < -0.4 is 10.4 Å². The van der Waals surface area contributed by atoms with E-state index in [2.05, 4.69) is 5.43 Å². The predicted molar refractivity (Wildman–Crippen MR) is 129 cm³/mol. The van der Waals surface area contributed by atoms with Crippen molar-refractivity contribution in [2.75, 3.05) is 32.3 Å². The summed E-state index contributed by atoms with van der Waals surface area (Å²) < 4.78 is 6.32. The zero-order chi connectivity index (χ0) is 22.9. The molecule has 1 unspecified atom stereocenters. The van der Waals surface area contributed by atoms with E-state index in [-0.39, 0.29) is 5.91 Å². The van der Waals surface area contributed by atoms with Crippen LogP contribution in [0.5, 0.6) is 0 Å². The van der Waals surface area contributed by atoms with Crippen LogP contribution in [0, 0.1) is 0 Å². The number of hydrazone groups is 1. The number of rotatable bonds is 5. The summed E-state index contributed by atoms with van der Waals surface area (Å²) in [5, 5.41) is 8.04. The maximum atomic E-state index is 13.4. The lowest BCUT2D eigenvalue weighted by molar-refractivity contribution is -0.947. The molecule has 2 aromatic carbocycles. The highest BCUT2D eigenvalue weighted by atomic mass is 35.5. The van der Waals surface area contributed by atoms with E-state index >= 15 is 0 Å². The van der Waals surface area contributed by atoms with Crippen molar-refractivity contribution in [1.82, 2.24) is 5.43 Å². The van der Waals surface area contributed by atoms with Gasteiger partial charge in [-0.25, -0.2) is 4.59 Å². The molecule has 0 aliphatic carbocycles. The summed E-state index contributed by atoms with van der Waals surface area (Å²) in [6.45, 7) is 1.79. The van der Waals surface area contributed by atoms with E-state index in [1.54, 1.807) is 30.3 Å². The molecule has 6 nitrogen and oxygen atoms in total. The van der Waals surface area contributed by atoms with Gasteiger partial charge in [0.05, 0.1) is 17.8 Å². The fraction of sp³-hybridized carbons (Fsp3) is 0.391. The van der Waals surface area contributed by atoms with Gasteiger partial charge >= 0.3 is 5.91 Å². The molecule has 1 fully saturated rings. The average Bonchev–Trinajstić information content (AvgIpc) is 3.14. The van der Waals surface area contributed by atoms with Crippen LogP contribution in [-0.2, 0) is 9.53 Å². The largest absolute Gasteiger partial charge is 0.372 e. The number of carbonyl (C=O) groups is 1. The molecule has 4 rings (SSSR count). The zero-order valence-electron chi connectivity index (χ0n) is 18.0. The predicted octanol–water partition coefficient (Wildman–Crippen LogP) is 5.24. The summed E-state index contributed by atoms with van der Waals surface area (Å²) in [6, 6.07) is 12.2. The Hall–Kier alpha value is -1.83. The van der Waals surface area contributed by atoms with Gasteiger partial charge in [-0.05, 0) is 55.2 Å². The number of hydrogen-bond acceptors (Lipinski definition) is 4. The number of amides is 1. The molecule has 1 saturated heterocycles. The molecule has 2 aliphatic rings. The summed E-state index contributed by atoms with van der Waals surface area (Å²) in [4.78, 5) is 13.4. The molecule has 0 bridgehead atoms. The number of hydrogen-bond donors (Lipinski definition) is 1. The third kappa shape index (κ3) is 4.75. The monoisotopic (exact) mass is 495 g/mol. The minimum atomic E-state index is -0.598. The van der Waals surface area contributed by atoms with Gasteiger partial charge in [-0.2, -0.15) is 10.5 Å². The second kappa shape index (κ2) is 9.57. The molecule has 2 aliphatic heterocycles. The number of methoxy groups -OCH3 is 1. The Bertz CT molecular complexity index is 1020. The van der Waals surface area contributed by atoms with Gasteiger partial charge in [0.15, 0.2) is 5.71 Å². The molecule has 2 atom stereocenters. The standard InChI is InChI=1S/C23H25Cl3N4O2/c1-30(12-4-3-5-13-30)28-23(31)20-22(32-2)21(15-6-8-16(24)9-7-15)29(27-20)19-11-10-17(25)14-18(19)26/h6-11,14,21-22H,3-5,12-13H2,1-2H3/p+1/t21-,22?/m0/s1. The topological polar surface area (TPSA) is 53.9 Å². The van der Waals surface area contributed by atoms with Crippen molar-refractivity contribution in [2.24, 2.45) is 5.10 Å². The Kier molecular flexibility index (Phi) is 6.98. The van der Waals surface area contributed by atoms with E-state index in [0.29, 0.717) is 31.1 Å². The first-order valence-corrected chi connectivity index (χ1v) is 11.7. The van der Waals surface area contributed by atoms with Crippen molar-refractivity contribution in [3.63, 3.8) is 0 Å².